The van der Waals surface area contributed by atoms with Gasteiger partial charge in [0.1, 0.15) is 5.75 Å². The fourth-order valence-corrected chi connectivity index (χ4v) is 2.61. The van der Waals surface area contributed by atoms with Crippen molar-refractivity contribution in [2.45, 2.75) is 47.0 Å². The molecule has 1 aromatic carbocycles. The molecule has 0 spiro atoms. The van der Waals surface area contributed by atoms with Crippen LogP contribution in [0.4, 0.5) is 0 Å². The van der Waals surface area contributed by atoms with Gasteiger partial charge in [-0.3, -0.25) is 6.08 Å². The monoisotopic (exact) mass is 496 g/mol. The van der Waals surface area contributed by atoms with Crippen molar-refractivity contribution in [2.75, 3.05) is 0 Å². The number of halogens is 3. The summed E-state index contributed by atoms with van der Waals surface area (Å²) in [5, 5.41) is 11.0. The zero-order valence-electron chi connectivity index (χ0n) is 17.5. The van der Waals surface area contributed by atoms with Crippen LogP contribution < -0.4 is 0 Å². The predicted octanol–water partition coefficient (Wildman–Crippen LogP) is 6.53. The Labute approximate surface area is 208 Å². The fourth-order valence-electron chi connectivity index (χ4n) is 1.96. The molecule has 1 atom stereocenters. The van der Waals surface area contributed by atoms with Crippen molar-refractivity contribution in [3.63, 3.8) is 0 Å². The Morgan fingerprint density at radius 1 is 1.07 bits per heavy atom. The molecule has 1 N–H and O–H groups in total. The molecule has 150 valence electrons. The minimum Gasteiger partial charge on any atom is -0.508 e. The van der Waals surface area contributed by atoms with Crippen LogP contribution >= 0.6 is 36.4 Å². The van der Waals surface area contributed by atoms with Gasteiger partial charge in [-0.1, -0.05) is 52.1 Å². The molecule has 0 amide bonds. The van der Waals surface area contributed by atoms with E-state index in [1.54, 1.807) is 6.07 Å². The first kappa shape index (κ1) is 41.8. The van der Waals surface area contributed by atoms with Crippen LogP contribution in [0.2, 0.25) is 5.02 Å². The van der Waals surface area contributed by atoms with E-state index in [0.717, 1.165) is 10.8 Å². The fraction of sp³-hybridized carbons (Fsp3) is 0.400. The number of allylic oxidation sites excluding steroid dienone is 4. The molecule has 1 aliphatic rings. The molecule has 0 aliphatic heterocycles. The van der Waals surface area contributed by atoms with E-state index in [0.29, 0.717) is 10.9 Å². The van der Waals surface area contributed by atoms with Crippen molar-refractivity contribution in [3.05, 3.63) is 66.1 Å². The molecule has 0 fully saturated rings. The predicted molar refractivity (Wildman–Crippen MR) is 125 cm³/mol. The SMILES string of the molecule is CC(C)(C)c1cc(O)cc(Cl)c1.CC1=C(C)C(C)[C-]=C1[Si].Cl.Cl.[CH3-].[CH3-].[Si].[Ti+3]. The van der Waals surface area contributed by atoms with Gasteiger partial charge in [-0.2, -0.15) is 5.57 Å². The van der Waals surface area contributed by atoms with Crippen LogP contribution in [0.3, 0.4) is 0 Å². The van der Waals surface area contributed by atoms with Gasteiger partial charge in [0.2, 0.25) is 0 Å². The van der Waals surface area contributed by atoms with E-state index in [1.165, 1.54) is 17.2 Å². The molecule has 0 aromatic heterocycles. The molecule has 27 heavy (non-hydrogen) atoms. The van der Waals surface area contributed by atoms with E-state index in [9.17, 15) is 5.11 Å². The van der Waals surface area contributed by atoms with Crippen molar-refractivity contribution in [1.82, 2.24) is 0 Å². The van der Waals surface area contributed by atoms with Crippen LogP contribution in [-0.2, 0) is 27.1 Å². The summed E-state index contributed by atoms with van der Waals surface area (Å²) in [5.74, 6) is 0.741. The first-order chi connectivity index (χ1) is 9.52. The summed E-state index contributed by atoms with van der Waals surface area (Å²) in [6.45, 7) is 12.7. The van der Waals surface area contributed by atoms with Crippen LogP contribution in [0.15, 0.2) is 34.5 Å². The third-order valence-corrected chi connectivity index (χ3v) is 4.46. The Bertz CT molecular complexity index is 577. The van der Waals surface area contributed by atoms with Gasteiger partial charge in [0, 0.05) is 26.2 Å². The minimum atomic E-state index is 0. The Morgan fingerprint density at radius 3 is 1.74 bits per heavy atom. The second-order valence-electron chi connectivity index (χ2n) is 6.50. The summed E-state index contributed by atoms with van der Waals surface area (Å²) in [4.78, 5) is 0. The molecule has 0 saturated heterocycles. The zero-order chi connectivity index (χ0) is 16.4. The second kappa shape index (κ2) is 17.4. The normalized spacial score (nSPS) is 14.2. The summed E-state index contributed by atoms with van der Waals surface area (Å²) in [6, 6.07) is 5.16. The van der Waals surface area contributed by atoms with Crippen LogP contribution in [0.25, 0.3) is 0 Å². The molecule has 8 radical (unpaired) electrons. The van der Waals surface area contributed by atoms with E-state index < -0.39 is 0 Å². The molecule has 1 nitrogen and oxygen atoms in total. The van der Waals surface area contributed by atoms with E-state index in [2.05, 4.69) is 57.9 Å². The number of benzene rings is 1. The molecule has 0 saturated carbocycles. The number of aromatic hydroxyl groups is 1. The number of hydrogen-bond acceptors (Lipinski definition) is 1. The Balaban J connectivity index is -0.0000000682. The molecule has 1 aliphatic carbocycles. The van der Waals surface area contributed by atoms with Gasteiger partial charge < -0.3 is 20.0 Å². The Hall–Kier alpha value is 0.518. The zero-order valence-corrected chi connectivity index (χ0v) is 23.4. The van der Waals surface area contributed by atoms with Gasteiger partial charge >= 0.3 is 21.7 Å². The van der Waals surface area contributed by atoms with Gasteiger partial charge in [-0.05, 0) is 29.2 Å². The average molecular weight is 498 g/mol. The number of phenols is 1. The summed E-state index contributed by atoms with van der Waals surface area (Å²) < 4.78 is 0. The van der Waals surface area contributed by atoms with Crippen LogP contribution in [0, 0.1) is 26.8 Å². The maximum absolute atomic E-state index is 9.27. The Morgan fingerprint density at radius 2 is 1.52 bits per heavy atom. The molecule has 2 rings (SSSR count). The average Bonchev–Trinajstić information content (AvgIpc) is 2.55. The molecule has 0 bridgehead atoms. The van der Waals surface area contributed by atoms with Crippen molar-refractivity contribution >= 4 is 57.6 Å². The van der Waals surface area contributed by atoms with Gasteiger partial charge in [0.15, 0.2) is 0 Å². The van der Waals surface area contributed by atoms with Crippen LogP contribution in [0.1, 0.15) is 47.1 Å². The van der Waals surface area contributed by atoms with Gasteiger partial charge in [-0.25, -0.2) is 10.8 Å². The van der Waals surface area contributed by atoms with Crippen molar-refractivity contribution < 1.29 is 26.8 Å². The molecule has 1 aromatic rings. The second-order valence-corrected chi connectivity index (χ2v) is 7.43. The third kappa shape index (κ3) is 13.4. The van der Waals surface area contributed by atoms with E-state index in [-0.39, 0.29) is 83.5 Å². The third-order valence-electron chi connectivity index (χ3n) is 3.73. The van der Waals surface area contributed by atoms with Crippen LogP contribution in [0.5, 0.6) is 5.75 Å². The number of rotatable bonds is 0. The number of phenolic OH excluding ortho intramolecular Hbond substituents is 1. The summed E-state index contributed by atoms with van der Waals surface area (Å²) in [7, 11) is 3.48. The number of hydrogen-bond donors (Lipinski definition) is 1. The van der Waals surface area contributed by atoms with Gasteiger partial charge in [-0.15, -0.1) is 31.7 Å². The first-order valence-corrected chi connectivity index (χ1v) is 7.93. The van der Waals surface area contributed by atoms with Crippen LogP contribution in [-0.4, -0.2) is 26.3 Å². The van der Waals surface area contributed by atoms with Gasteiger partial charge in [0.05, 0.1) is 0 Å². The molecular formula is C20H31Cl3OSi2Ti. The molecular weight excluding hydrogens is 467 g/mol. The standard InChI is InChI=1S/C10H13ClO.C8H10Si.2CH3.2ClH.Si.Ti/c1-10(2,3)7-4-8(11)6-9(12)5-7;1-5-4-8(9)7(3)6(5)2;;;;;;/h4-6,12H,1-3H3;5H,1-3H3;2*1H3;2*1H;;/q;3*-1;;;;+3. The summed E-state index contributed by atoms with van der Waals surface area (Å²) >= 11 is 5.80. The van der Waals surface area contributed by atoms with Crippen molar-refractivity contribution in [1.29, 1.82) is 0 Å². The first-order valence-electron chi connectivity index (χ1n) is 7.05. The van der Waals surface area contributed by atoms with Crippen molar-refractivity contribution in [3.8, 4) is 5.75 Å². The maximum atomic E-state index is 9.27. The van der Waals surface area contributed by atoms with Gasteiger partial charge in [0.25, 0.3) is 0 Å². The molecule has 7 heteroatoms. The smallest absolute Gasteiger partial charge is 0.508 e. The quantitative estimate of drug-likeness (QED) is 0.319. The van der Waals surface area contributed by atoms with E-state index in [4.69, 9.17) is 11.6 Å². The van der Waals surface area contributed by atoms with E-state index in [1.807, 2.05) is 6.07 Å². The topological polar surface area (TPSA) is 20.2 Å². The summed E-state index contributed by atoms with van der Waals surface area (Å²) in [5.41, 5.74) is 3.86. The molecule has 1 unspecified atom stereocenters. The van der Waals surface area contributed by atoms with E-state index >= 15 is 0 Å². The largest absolute Gasteiger partial charge is 3.00 e. The Kier molecular flexibility index (Phi) is 26.9. The van der Waals surface area contributed by atoms with Crippen molar-refractivity contribution in [2.24, 2.45) is 5.92 Å². The summed E-state index contributed by atoms with van der Waals surface area (Å²) in [6.07, 6.45) is 3.27. The maximum Gasteiger partial charge on any atom is 3.00 e. The molecule has 0 heterocycles. The minimum absolute atomic E-state index is 0.